The van der Waals surface area contributed by atoms with Gasteiger partial charge in [-0.2, -0.15) is 0 Å². The fraction of sp³-hybridized carbons (Fsp3) is 0.143. The van der Waals surface area contributed by atoms with E-state index in [4.69, 9.17) is 4.74 Å². The molecule has 2 rings (SSSR count). The van der Waals surface area contributed by atoms with Crippen molar-refractivity contribution >= 4 is 15.9 Å². The molecule has 0 radical (unpaired) electrons. The van der Waals surface area contributed by atoms with Crippen LogP contribution in [-0.2, 0) is 0 Å². The molecule has 0 spiro atoms. The van der Waals surface area contributed by atoms with Crippen LogP contribution in [0, 0.1) is 6.92 Å². The summed E-state index contributed by atoms with van der Waals surface area (Å²) in [4.78, 5) is 0. The van der Waals surface area contributed by atoms with E-state index in [0.29, 0.717) is 0 Å². The first kappa shape index (κ1) is 11.2. The largest absolute Gasteiger partial charge is 0.496 e. The molecule has 0 bridgehead atoms. The maximum Gasteiger partial charge on any atom is 0.126 e. The first-order valence-corrected chi connectivity index (χ1v) is 5.92. The van der Waals surface area contributed by atoms with Gasteiger partial charge >= 0.3 is 0 Å². The van der Waals surface area contributed by atoms with Gasteiger partial charge in [0.2, 0.25) is 0 Å². The third-order valence-electron chi connectivity index (χ3n) is 2.66. The molecule has 0 aromatic heterocycles. The highest BCUT2D eigenvalue weighted by Crippen LogP contribution is 2.34. The number of benzene rings is 2. The molecule has 0 fully saturated rings. The number of methoxy groups -OCH3 is 1. The van der Waals surface area contributed by atoms with Gasteiger partial charge in [0.15, 0.2) is 0 Å². The van der Waals surface area contributed by atoms with E-state index >= 15 is 0 Å². The Morgan fingerprint density at radius 1 is 0.938 bits per heavy atom. The summed E-state index contributed by atoms with van der Waals surface area (Å²) in [6.45, 7) is 2.10. The summed E-state index contributed by atoms with van der Waals surface area (Å²) in [6.07, 6.45) is 0. The predicted molar refractivity (Wildman–Crippen MR) is 70.9 cm³/mol. The highest BCUT2D eigenvalue weighted by molar-refractivity contribution is 9.10. The Morgan fingerprint density at radius 3 is 2.38 bits per heavy atom. The van der Waals surface area contributed by atoms with E-state index < -0.39 is 0 Å². The van der Waals surface area contributed by atoms with Gasteiger partial charge < -0.3 is 4.74 Å². The SMILES string of the molecule is COc1ccccc1-c1cccc(Br)c1C. The third-order valence-corrected chi connectivity index (χ3v) is 3.52. The minimum Gasteiger partial charge on any atom is -0.496 e. The molecule has 0 N–H and O–H groups in total. The van der Waals surface area contributed by atoms with Gasteiger partial charge in [0.05, 0.1) is 7.11 Å². The minimum absolute atomic E-state index is 0.906. The van der Waals surface area contributed by atoms with Gasteiger partial charge in [-0.25, -0.2) is 0 Å². The van der Waals surface area contributed by atoms with Crippen LogP contribution in [0.4, 0.5) is 0 Å². The Hall–Kier alpha value is -1.28. The van der Waals surface area contributed by atoms with E-state index in [0.717, 1.165) is 15.8 Å². The molecule has 2 aromatic carbocycles. The Balaban J connectivity index is 2.63. The summed E-state index contributed by atoms with van der Waals surface area (Å²) < 4.78 is 6.50. The van der Waals surface area contributed by atoms with E-state index in [1.807, 2.05) is 30.3 Å². The first-order valence-electron chi connectivity index (χ1n) is 5.12. The summed E-state index contributed by atoms with van der Waals surface area (Å²) in [5.74, 6) is 0.906. The summed E-state index contributed by atoms with van der Waals surface area (Å²) in [6, 6.07) is 14.3. The molecule has 0 saturated carbocycles. The van der Waals surface area contributed by atoms with Crippen molar-refractivity contribution in [2.75, 3.05) is 7.11 Å². The lowest BCUT2D eigenvalue weighted by molar-refractivity contribution is 0.416. The molecule has 0 amide bonds. The summed E-state index contributed by atoms with van der Waals surface area (Å²) >= 11 is 3.55. The smallest absolute Gasteiger partial charge is 0.126 e. The van der Waals surface area contributed by atoms with E-state index in [9.17, 15) is 0 Å². The average molecular weight is 277 g/mol. The average Bonchev–Trinajstić information content (AvgIpc) is 2.33. The van der Waals surface area contributed by atoms with Crippen molar-refractivity contribution in [3.63, 3.8) is 0 Å². The lowest BCUT2D eigenvalue weighted by atomic mass is 10.00. The molecule has 0 aliphatic carbocycles. The maximum atomic E-state index is 5.38. The molecular weight excluding hydrogens is 264 g/mol. The first-order chi connectivity index (χ1) is 7.74. The van der Waals surface area contributed by atoms with Gasteiger partial charge in [0.25, 0.3) is 0 Å². The molecule has 0 aliphatic heterocycles. The second-order valence-corrected chi connectivity index (χ2v) is 4.47. The van der Waals surface area contributed by atoms with Gasteiger partial charge in [-0.1, -0.05) is 46.3 Å². The zero-order chi connectivity index (χ0) is 11.5. The highest BCUT2D eigenvalue weighted by Gasteiger charge is 2.08. The van der Waals surface area contributed by atoms with Crippen LogP contribution in [0.5, 0.6) is 5.75 Å². The van der Waals surface area contributed by atoms with Gasteiger partial charge in [-0.3, -0.25) is 0 Å². The topological polar surface area (TPSA) is 9.23 Å². The molecule has 0 unspecified atom stereocenters. The van der Waals surface area contributed by atoms with Crippen molar-refractivity contribution in [2.24, 2.45) is 0 Å². The molecule has 0 atom stereocenters. The van der Waals surface area contributed by atoms with E-state index in [1.54, 1.807) is 7.11 Å². The lowest BCUT2D eigenvalue weighted by Gasteiger charge is -2.11. The van der Waals surface area contributed by atoms with Crippen LogP contribution in [0.1, 0.15) is 5.56 Å². The van der Waals surface area contributed by atoms with Crippen molar-refractivity contribution in [3.05, 3.63) is 52.5 Å². The van der Waals surface area contributed by atoms with Crippen molar-refractivity contribution < 1.29 is 4.74 Å². The molecule has 1 nitrogen and oxygen atoms in total. The van der Waals surface area contributed by atoms with Crippen LogP contribution in [0.25, 0.3) is 11.1 Å². The summed E-state index contributed by atoms with van der Waals surface area (Å²) in [5, 5.41) is 0. The Bertz CT molecular complexity index is 506. The van der Waals surface area contributed by atoms with Crippen molar-refractivity contribution in [1.29, 1.82) is 0 Å². The number of hydrogen-bond acceptors (Lipinski definition) is 1. The Morgan fingerprint density at radius 2 is 1.62 bits per heavy atom. The van der Waals surface area contributed by atoms with E-state index in [-0.39, 0.29) is 0 Å². The van der Waals surface area contributed by atoms with Crippen LogP contribution in [-0.4, -0.2) is 7.11 Å². The molecular formula is C14H13BrO. The van der Waals surface area contributed by atoms with Crippen LogP contribution >= 0.6 is 15.9 Å². The van der Waals surface area contributed by atoms with Crippen molar-refractivity contribution in [2.45, 2.75) is 6.92 Å². The number of rotatable bonds is 2. The monoisotopic (exact) mass is 276 g/mol. The molecule has 82 valence electrons. The Kier molecular flexibility index (Phi) is 3.30. The molecule has 0 saturated heterocycles. The molecule has 16 heavy (non-hydrogen) atoms. The highest BCUT2D eigenvalue weighted by atomic mass is 79.9. The standard InChI is InChI=1S/C14H13BrO/c1-10-11(7-5-8-13(10)15)12-6-3-4-9-14(12)16-2/h3-9H,1-2H3. The second kappa shape index (κ2) is 4.71. The number of ether oxygens (including phenoxy) is 1. The molecule has 0 heterocycles. The zero-order valence-corrected chi connectivity index (χ0v) is 10.9. The maximum absolute atomic E-state index is 5.38. The summed E-state index contributed by atoms with van der Waals surface area (Å²) in [7, 11) is 1.70. The van der Waals surface area contributed by atoms with Gasteiger partial charge in [0.1, 0.15) is 5.75 Å². The number of halogens is 1. The van der Waals surface area contributed by atoms with Crippen molar-refractivity contribution in [3.8, 4) is 16.9 Å². The van der Waals surface area contributed by atoms with Gasteiger partial charge in [-0.15, -0.1) is 0 Å². The Labute approximate surface area is 104 Å². The molecule has 2 aromatic rings. The second-order valence-electron chi connectivity index (χ2n) is 3.61. The lowest BCUT2D eigenvalue weighted by Crippen LogP contribution is -1.89. The normalized spacial score (nSPS) is 10.2. The van der Waals surface area contributed by atoms with E-state index in [1.165, 1.54) is 11.1 Å². The quantitative estimate of drug-likeness (QED) is 0.788. The number of hydrogen-bond donors (Lipinski definition) is 0. The van der Waals surface area contributed by atoms with Crippen LogP contribution in [0.15, 0.2) is 46.9 Å². The van der Waals surface area contributed by atoms with E-state index in [2.05, 4.69) is 35.0 Å². The minimum atomic E-state index is 0.906. The fourth-order valence-electron chi connectivity index (χ4n) is 1.77. The van der Waals surface area contributed by atoms with Crippen LogP contribution in [0.3, 0.4) is 0 Å². The zero-order valence-electron chi connectivity index (χ0n) is 9.33. The van der Waals surface area contributed by atoms with Crippen LogP contribution < -0.4 is 4.74 Å². The molecule has 2 heteroatoms. The number of para-hydroxylation sites is 1. The van der Waals surface area contributed by atoms with Crippen LogP contribution in [0.2, 0.25) is 0 Å². The summed E-state index contributed by atoms with van der Waals surface area (Å²) in [5.41, 5.74) is 3.56. The fourth-order valence-corrected chi connectivity index (χ4v) is 2.13. The van der Waals surface area contributed by atoms with Gasteiger partial charge in [-0.05, 0) is 30.2 Å². The van der Waals surface area contributed by atoms with Gasteiger partial charge in [0, 0.05) is 10.0 Å². The third kappa shape index (κ3) is 1.98. The predicted octanol–water partition coefficient (Wildman–Crippen LogP) is 4.43. The van der Waals surface area contributed by atoms with Crippen molar-refractivity contribution in [1.82, 2.24) is 0 Å². The molecule has 0 aliphatic rings.